The molecule has 0 unspecified atom stereocenters. The Labute approximate surface area is 93.0 Å². The standard InChI is InChI=1S/C10H10N2O3S/c1-15-9-4-3-7-5-8(16(2,13)14)6-11-10(7)12-9/h3-6H,1-2H3. The number of ether oxygens (including phenoxy) is 1. The highest BCUT2D eigenvalue weighted by Crippen LogP contribution is 2.17. The fourth-order valence-corrected chi connectivity index (χ4v) is 1.87. The van der Waals surface area contributed by atoms with Crippen molar-refractivity contribution in [2.45, 2.75) is 4.90 Å². The van der Waals surface area contributed by atoms with E-state index < -0.39 is 9.84 Å². The first-order valence-corrected chi connectivity index (χ1v) is 6.41. The molecule has 2 rings (SSSR count). The summed E-state index contributed by atoms with van der Waals surface area (Å²) in [5.74, 6) is 0.451. The number of hydrogen-bond donors (Lipinski definition) is 0. The maximum Gasteiger partial charge on any atom is 0.215 e. The molecule has 0 radical (unpaired) electrons. The molecule has 0 fully saturated rings. The van der Waals surface area contributed by atoms with E-state index in [0.717, 1.165) is 6.26 Å². The van der Waals surface area contributed by atoms with E-state index in [1.807, 2.05) is 0 Å². The Morgan fingerprint density at radius 1 is 1.31 bits per heavy atom. The third kappa shape index (κ3) is 1.96. The summed E-state index contributed by atoms with van der Waals surface area (Å²) in [7, 11) is -1.72. The Kier molecular flexibility index (Phi) is 2.51. The highest BCUT2D eigenvalue weighted by atomic mass is 32.2. The zero-order valence-corrected chi connectivity index (χ0v) is 9.65. The zero-order valence-electron chi connectivity index (χ0n) is 8.84. The normalized spacial score (nSPS) is 11.6. The molecule has 16 heavy (non-hydrogen) atoms. The topological polar surface area (TPSA) is 69.2 Å². The molecule has 0 atom stereocenters. The number of sulfone groups is 1. The van der Waals surface area contributed by atoms with Gasteiger partial charge in [-0.25, -0.2) is 13.4 Å². The molecule has 0 bridgehead atoms. The monoisotopic (exact) mass is 238 g/mol. The van der Waals surface area contributed by atoms with Crippen LogP contribution < -0.4 is 4.74 Å². The first-order valence-electron chi connectivity index (χ1n) is 4.51. The smallest absolute Gasteiger partial charge is 0.215 e. The number of aromatic nitrogens is 2. The third-order valence-corrected chi connectivity index (χ3v) is 3.21. The Balaban J connectivity index is 2.65. The minimum Gasteiger partial charge on any atom is -0.481 e. The van der Waals surface area contributed by atoms with Crippen molar-refractivity contribution in [1.29, 1.82) is 0 Å². The molecule has 0 saturated carbocycles. The van der Waals surface area contributed by atoms with Crippen molar-refractivity contribution in [2.24, 2.45) is 0 Å². The molecule has 0 saturated heterocycles. The molecular formula is C10H10N2O3S. The van der Waals surface area contributed by atoms with E-state index in [-0.39, 0.29) is 4.90 Å². The van der Waals surface area contributed by atoms with Gasteiger partial charge in [-0.05, 0) is 12.1 Å². The predicted octanol–water partition coefficient (Wildman–Crippen LogP) is 1.04. The van der Waals surface area contributed by atoms with Gasteiger partial charge in [0.2, 0.25) is 5.88 Å². The third-order valence-electron chi connectivity index (χ3n) is 2.13. The molecule has 5 nitrogen and oxygen atoms in total. The molecule has 6 heteroatoms. The van der Waals surface area contributed by atoms with Crippen molar-refractivity contribution in [2.75, 3.05) is 13.4 Å². The quantitative estimate of drug-likeness (QED) is 0.782. The molecule has 0 aromatic carbocycles. The predicted molar refractivity (Wildman–Crippen MR) is 59.2 cm³/mol. The highest BCUT2D eigenvalue weighted by Gasteiger charge is 2.09. The zero-order chi connectivity index (χ0) is 11.8. The molecule has 2 heterocycles. The second kappa shape index (κ2) is 3.71. The molecule has 0 amide bonds. The van der Waals surface area contributed by atoms with Gasteiger partial charge < -0.3 is 4.74 Å². The average Bonchev–Trinajstić information content (AvgIpc) is 2.26. The lowest BCUT2D eigenvalue weighted by molar-refractivity contribution is 0.399. The van der Waals surface area contributed by atoms with Crippen LogP contribution >= 0.6 is 0 Å². The first-order chi connectivity index (χ1) is 7.50. The molecule has 0 spiro atoms. The Morgan fingerprint density at radius 2 is 2.06 bits per heavy atom. The van der Waals surface area contributed by atoms with Gasteiger partial charge in [-0.3, -0.25) is 0 Å². The molecule has 0 aliphatic carbocycles. The molecular weight excluding hydrogens is 228 g/mol. The van der Waals surface area contributed by atoms with Gasteiger partial charge in [0.1, 0.15) is 0 Å². The van der Waals surface area contributed by atoms with Crippen LogP contribution in [0.2, 0.25) is 0 Å². The molecule has 2 aromatic rings. The summed E-state index contributed by atoms with van der Waals surface area (Å²) in [5, 5.41) is 0.670. The fourth-order valence-electron chi connectivity index (χ4n) is 1.29. The number of fused-ring (bicyclic) bond motifs is 1. The van der Waals surface area contributed by atoms with E-state index >= 15 is 0 Å². The lowest BCUT2D eigenvalue weighted by atomic mass is 10.3. The van der Waals surface area contributed by atoms with Crippen LogP contribution in [-0.2, 0) is 9.84 Å². The van der Waals surface area contributed by atoms with Crippen LogP contribution in [0, 0.1) is 0 Å². The summed E-state index contributed by atoms with van der Waals surface area (Å²) >= 11 is 0. The lowest BCUT2D eigenvalue weighted by Crippen LogP contribution is -1.98. The van der Waals surface area contributed by atoms with E-state index in [1.54, 1.807) is 18.2 Å². The van der Waals surface area contributed by atoms with Gasteiger partial charge in [0, 0.05) is 23.9 Å². The van der Waals surface area contributed by atoms with Gasteiger partial charge in [-0.2, -0.15) is 4.98 Å². The number of methoxy groups -OCH3 is 1. The van der Waals surface area contributed by atoms with Crippen LogP contribution in [0.4, 0.5) is 0 Å². The molecule has 0 aliphatic heterocycles. The van der Waals surface area contributed by atoms with E-state index in [9.17, 15) is 8.42 Å². The summed E-state index contributed by atoms with van der Waals surface area (Å²) in [6.07, 6.45) is 2.44. The van der Waals surface area contributed by atoms with Crippen LogP contribution in [-0.4, -0.2) is 31.8 Å². The lowest BCUT2D eigenvalue weighted by Gasteiger charge is -2.02. The summed E-state index contributed by atoms with van der Waals surface area (Å²) in [6, 6.07) is 4.93. The van der Waals surface area contributed by atoms with Crippen molar-refractivity contribution in [3.8, 4) is 5.88 Å². The van der Waals surface area contributed by atoms with Crippen molar-refractivity contribution >= 4 is 20.9 Å². The van der Waals surface area contributed by atoms with E-state index in [1.165, 1.54) is 13.3 Å². The van der Waals surface area contributed by atoms with Gasteiger partial charge >= 0.3 is 0 Å². The fraction of sp³-hybridized carbons (Fsp3) is 0.200. The maximum atomic E-state index is 11.3. The van der Waals surface area contributed by atoms with Gasteiger partial charge in [0.05, 0.1) is 12.0 Å². The van der Waals surface area contributed by atoms with Gasteiger partial charge in [-0.15, -0.1) is 0 Å². The largest absolute Gasteiger partial charge is 0.481 e. The molecule has 2 aromatic heterocycles. The van der Waals surface area contributed by atoms with Crippen molar-refractivity contribution < 1.29 is 13.2 Å². The second-order valence-electron chi connectivity index (χ2n) is 3.34. The average molecular weight is 238 g/mol. The van der Waals surface area contributed by atoms with Gasteiger partial charge in [-0.1, -0.05) is 0 Å². The Bertz CT molecular complexity index is 638. The number of pyridine rings is 2. The molecule has 0 aliphatic rings. The minimum absolute atomic E-state index is 0.187. The number of nitrogens with zero attached hydrogens (tertiary/aromatic N) is 2. The number of hydrogen-bond acceptors (Lipinski definition) is 5. The van der Waals surface area contributed by atoms with Crippen molar-refractivity contribution in [3.05, 3.63) is 24.4 Å². The minimum atomic E-state index is -3.23. The Hall–Kier alpha value is -1.69. The van der Waals surface area contributed by atoms with E-state index in [0.29, 0.717) is 16.9 Å². The molecule has 84 valence electrons. The Morgan fingerprint density at radius 3 is 2.69 bits per heavy atom. The summed E-state index contributed by atoms with van der Waals surface area (Å²) < 4.78 is 27.6. The van der Waals surface area contributed by atoms with Gasteiger partial charge in [0.25, 0.3) is 0 Å². The number of rotatable bonds is 2. The summed E-state index contributed by atoms with van der Waals surface area (Å²) in [6.45, 7) is 0. The summed E-state index contributed by atoms with van der Waals surface area (Å²) in [5.41, 5.74) is 0.465. The van der Waals surface area contributed by atoms with Crippen LogP contribution in [0.1, 0.15) is 0 Å². The van der Waals surface area contributed by atoms with Crippen LogP contribution in [0.15, 0.2) is 29.3 Å². The van der Waals surface area contributed by atoms with E-state index in [4.69, 9.17) is 4.74 Å². The SMILES string of the molecule is COc1ccc2cc(S(C)(=O)=O)cnc2n1. The van der Waals surface area contributed by atoms with Gasteiger partial charge in [0.15, 0.2) is 15.5 Å². The van der Waals surface area contributed by atoms with Crippen molar-refractivity contribution in [1.82, 2.24) is 9.97 Å². The molecule has 0 N–H and O–H groups in total. The maximum absolute atomic E-state index is 11.3. The van der Waals surface area contributed by atoms with Crippen LogP contribution in [0.3, 0.4) is 0 Å². The first kappa shape index (κ1) is 10.8. The highest BCUT2D eigenvalue weighted by molar-refractivity contribution is 7.90. The van der Waals surface area contributed by atoms with Crippen LogP contribution in [0.5, 0.6) is 5.88 Å². The second-order valence-corrected chi connectivity index (χ2v) is 5.36. The summed E-state index contributed by atoms with van der Waals surface area (Å²) in [4.78, 5) is 8.26. The van der Waals surface area contributed by atoms with Crippen molar-refractivity contribution in [3.63, 3.8) is 0 Å². The van der Waals surface area contributed by atoms with E-state index in [2.05, 4.69) is 9.97 Å². The van der Waals surface area contributed by atoms with Crippen LogP contribution in [0.25, 0.3) is 11.0 Å².